The molecule has 0 aliphatic carbocycles. The van der Waals surface area contributed by atoms with Gasteiger partial charge >= 0.3 is 0 Å². The molecule has 1 atom stereocenters. The predicted molar refractivity (Wildman–Crippen MR) is 69.9 cm³/mol. The summed E-state index contributed by atoms with van der Waals surface area (Å²) in [6.45, 7) is 1.67. The van der Waals surface area contributed by atoms with Gasteiger partial charge in [-0.05, 0) is 36.8 Å². The Morgan fingerprint density at radius 2 is 1.70 bits per heavy atom. The van der Waals surface area contributed by atoms with Crippen LogP contribution in [0.5, 0.6) is 5.75 Å². The molecule has 20 heavy (non-hydrogen) atoms. The summed E-state index contributed by atoms with van der Waals surface area (Å²) < 4.78 is 45.1. The van der Waals surface area contributed by atoms with Crippen molar-refractivity contribution in [1.82, 2.24) is 0 Å². The van der Waals surface area contributed by atoms with Crippen molar-refractivity contribution >= 4 is 0 Å². The van der Waals surface area contributed by atoms with Gasteiger partial charge in [0, 0.05) is 11.6 Å². The number of rotatable bonds is 4. The van der Waals surface area contributed by atoms with Gasteiger partial charge in [0.05, 0.1) is 6.04 Å². The number of aryl methyl sites for hydroxylation is 1. The number of nitrogens with two attached hydrogens (primary N) is 1. The second-order valence-electron chi connectivity index (χ2n) is 4.49. The highest BCUT2D eigenvalue weighted by molar-refractivity contribution is 5.33. The van der Waals surface area contributed by atoms with Gasteiger partial charge in [0.25, 0.3) is 0 Å². The lowest BCUT2D eigenvalue weighted by Gasteiger charge is -2.15. The maximum atomic E-state index is 13.5. The van der Waals surface area contributed by atoms with E-state index in [0.717, 1.165) is 23.8 Å². The van der Waals surface area contributed by atoms with Crippen LogP contribution in [-0.2, 0) is 0 Å². The summed E-state index contributed by atoms with van der Waals surface area (Å²) in [6.07, 6.45) is 0. The molecule has 2 aromatic rings. The second kappa shape index (κ2) is 5.96. The molecule has 0 aliphatic rings. The van der Waals surface area contributed by atoms with Crippen LogP contribution >= 0.6 is 0 Å². The van der Waals surface area contributed by atoms with E-state index in [1.165, 1.54) is 12.1 Å². The molecule has 106 valence electrons. The molecule has 1 unspecified atom stereocenters. The van der Waals surface area contributed by atoms with Crippen LogP contribution in [0, 0.1) is 24.4 Å². The fraction of sp³-hybridized carbons (Fsp3) is 0.200. The SMILES string of the molecule is Cc1ccc(F)cc1OCC(N)c1cc(F)ccc1F. The third-order valence-electron chi connectivity index (χ3n) is 2.93. The minimum absolute atomic E-state index is 0.0269. The van der Waals surface area contributed by atoms with Crippen LogP contribution in [0.2, 0.25) is 0 Å². The first-order valence-corrected chi connectivity index (χ1v) is 6.07. The summed E-state index contributed by atoms with van der Waals surface area (Å²) in [5, 5.41) is 0. The van der Waals surface area contributed by atoms with Crippen LogP contribution in [0.4, 0.5) is 13.2 Å². The van der Waals surface area contributed by atoms with Crippen molar-refractivity contribution in [2.24, 2.45) is 5.73 Å². The zero-order chi connectivity index (χ0) is 14.7. The molecule has 2 rings (SSSR count). The Morgan fingerprint density at radius 3 is 2.45 bits per heavy atom. The van der Waals surface area contributed by atoms with E-state index in [4.69, 9.17) is 10.5 Å². The van der Waals surface area contributed by atoms with E-state index in [-0.39, 0.29) is 12.2 Å². The summed E-state index contributed by atoms with van der Waals surface area (Å²) >= 11 is 0. The fourth-order valence-electron chi connectivity index (χ4n) is 1.80. The van der Waals surface area contributed by atoms with E-state index in [2.05, 4.69) is 0 Å². The second-order valence-corrected chi connectivity index (χ2v) is 4.49. The van der Waals surface area contributed by atoms with Crippen molar-refractivity contribution in [1.29, 1.82) is 0 Å². The highest BCUT2D eigenvalue weighted by Crippen LogP contribution is 2.22. The molecular formula is C15H14F3NO. The third-order valence-corrected chi connectivity index (χ3v) is 2.93. The molecule has 0 saturated heterocycles. The minimum Gasteiger partial charge on any atom is -0.491 e. The predicted octanol–water partition coefficient (Wildman–Crippen LogP) is 3.49. The van der Waals surface area contributed by atoms with Gasteiger partial charge in [-0.2, -0.15) is 0 Å². The first-order valence-electron chi connectivity index (χ1n) is 6.07. The first kappa shape index (κ1) is 14.4. The van der Waals surface area contributed by atoms with Crippen molar-refractivity contribution < 1.29 is 17.9 Å². The molecule has 0 radical (unpaired) electrons. The van der Waals surface area contributed by atoms with Crippen LogP contribution in [0.3, 0.4) is 0 Å². The van der Waals surface area contributed by atoms with Crippen LogP contribution < -0.4 is 10.5 Å². The Hall–Kier alpha value is -2.01. The van der Waals surface area contributed by atoms with Gasteiger partial charge in [0.2, 0.25) is 0 Å². The summed E-state index contributed by atoms with van der Waals surface area (Å²) in [5.74, 6) is -1.27. The summed E-state index contributed by atoms with van der Waals surface area (Å²) in [7, 11) is 0. The van der Waals surface area contributed by atoms with Crippen molar-refractivity contribution in [3.63, 3.8) is 0 Å². The Morgan fingerprint density at radius 1 is 1.05 bits per heavy atom. The maximum absolute atomic E-state index is 13.5. The molecule has 0 amide bonds. The lowest BCUT2D eigenvalue weighted by atomic mass is 10.1. The van der Waals surface area contributed by atoms with Gasteiger partial charge in [-0.25, -0.2) is 13.2 Å². The topological polar surface area (TPSA) is 35.2 Å². The summed E-state index contributed by atoms with van der Waals surface area (Å²) in [5.41, 5.74) is 6.54. The van der Waals surface area contributed by atoms with E-state index in [0.29, 0.717) is 5.75 Å². The van der Waals surface area contributed by atoms with E-state index in [1.54, 1.807) is 13.0 Å². The zero-order valence-electron chi connectivity index (χ0n) is 10.9. The summed E-state index contributed by atoms with van der Waals surface area (Å²) in [6, 6.07) is 6.33. The Labute approximate surface area is 115 Å². The molecule has 0 fully saturated rings. The number of halogens is 3. The van der Waals surface area contributed by atoms with Crippen LogP contribution in [0.25, 0.3) is 0 Å². The lowest BCUT2D eigenvalue weighted by Crippen LogP contribution is -2.20. The van der Waals surface area contributed by atoms with Gasteiger partial charge in [-0.3, -0.25) is 0 Å². The van der Waals surface area contributed by atoms with Crippen LogP contribution in [0.1, 0.15) is 17.2 Å². The van der Waals surface area contributed by atoms with E-state index in [1.807, 2.05) is 0 Å². The molecule has 0 bridgehead atoms. The average molecular weight is 281 g/mol. The lowest BCUT2D eigenvalue weighted by molar-refractivity contribution is 0.284. The van der Waals surface area contributed by atoms with Crippen molar-refractivity contribution in [3.8, 4) is 5.75 Å². The normalized spacial score (nSPS) is 12.2. The molecule has 2 N–H and O–H groups in total. The van der Waals surface area contributed by atoms with Crippen molar-refractivity contribution in [2.75, 3.05) is 6.61 Å². The van der Waals surface area contributed by atoms with Crippen molar-refractivity contribution in [2.45, 2.75) is 13.0 Å². The van der Waals surface area contributed by atoms with Gasteiger partial charge < -0.3 is 10.5 Å². The zero-order valence-corrected chi connectivity index (χ0v) is 10.9. The number of hydrogen-bond donors (Lipinski definition) is 1. The van der Waals surface area contributed by atoms with Gasteiger partial charge in [0.1, 0.15) is 29.8 Å². The Bertz CT molecular complexity index is 616. The van der Waals surface area contributed by atoms with Gasteiger partial charge in [-0.1, -0.05) is 6.07 Å². The number of ether oxygens (including phenoxy) is 1. The summed E-state index contributed by atoms with van der Waals surface area (Å²) in [4.78, 5) is 0. The van der Waals surface area contributed by atoms with E-state index in [9.17, 15) is 13.2 Å². The van der Waals surface area contributed by atoms with Gasteiger partial charge in [-0.15, -0.1) is 0 Å². The molecule has 2 aromatic carbocycles. The quantitative estimate of drug-likeness (QED) is 0.931. The molecule has 0 spiro atoms. The minimum atomic E-state index is -0.839. The molecule has 5 heteroatoms. The maximum Gasteiger partial charge on any atom is 0.128 e. The molecule has 0 heterocycles. The van der Waals surface area contributed by atoms with Gasteiger partial charge in [0.15, 0.2) is 0 Å². The molecule has 0 saturated carbocycles. The molecular weight excluding hydrogens is 267 g/mol. The number of benzene rings is 2. The average Bonchev–Trinajstić information content (AvgIpc) is 2.42. The molecule has 0 aromatic heterocycles. The highest BCUT2D eigenvalue weighted by Gasteiger charge is 2.14. The first-order chi connectivity index (χ1) is 9.47. The largest absolute Gasteiger partial charge is 0.491 e. The van der Waals surface area contributed by atoms with E-state index < -0.39 is 23.5 Å². The molecule has 2 nitrogen and oxygen atoms in total. The Balaban J connectivity index is 2.10. The van der Waals surface area contributed by atoms with Crippen molar-refractivity contribution in [3.05, 3.63) is 65.0 Å². The van der Waals surface area contributed by atoms with E-state index >= 15 is 0 Å². The smallest absolute Gasteiger partial charge is 0.128 e. The molecule has 0 aliphatic heterocycles. The monoisotopic (exact) mass is 281 g/mol. The third kappa shape index (κ3) is 3.30. The standard InChI is InChI=1S/C15H14F3NO/c1-9-2-3-11(17)7-15(9)20-8-14(19)12-6-10(16)4-5-13(12)18/h2-7,14H,8,19H2,1H3. The van der Waals surface area contributed by atoms with Crippen LogP contribution in [-0.4, -0.2) is 6.61 Å². The fourth-order valence-corrected chi connectivity index (χ4v) is 1.80. The number of hydrogen-bond acceptors (Lipinski definition) is 2. The Kier molecular flexibility index (Phi) is 4.29. The van der Waals surface area contributed by atoms with Crippen LogP contribution in [0.15, 0.2) is 36.4 Å². The highest BCUT2D eigenvalue weighted by atomic mass is 19.1.